The van der Waals surface area contributed by atoms with Gasteiger partial charge in [-0.05, 0) is 47.9 Å². The van der Waals surface area contributed by atoms with Crippen molar-refractivity contribution in [3.63, 3.8) is 0 Å². The third-order valence-electron chi connectivity index (χ3n) is 6.70. The predicted molar refractivity (Wildman–Crippen MR) is 126 cm³/mol. The van der Waals surface area contributed by atoms with Crippen LogP contribution in [0.1, 0.15) is 50.3 Å². The molecule has 0 spiro atoms. The van der Waals surface area contributed by atoms with E-state index in [2.05, 4.69) is 19.2 Å². The molecular formula is C26H32ClFN2O2. The van der Waals surface area contributed by atoms with Crippen molar-refractivity contribution in [3.8, 4) is 0 Å². The first kappa shape index (κ1) is 24.2. The first-order valence-corrected chi connectivity index (χ1v) is 11.9. The minimum Gasteiger partial charge on any atom is -0.351 e. The van der Waals surface area contributed by atoms with Crippen LogP contribution in [0.25, 0.3) is 0 Å². The van der Waals surface area contributed by atoms with Gasteiger partial charge in [0.1, 0.15) is 17.7 Å². The topological polar surface area (TPSA) is 49.4 Å². The molecule has 4 nitrogen and oxygen atoms in total. The summed E-state index contributed by atoms with van der Waals surface area (Å²) in [7, 11) is 0. The van der Waals surface area contributed by atoms with E-state index in [1.165, 1.54) is 17.0 Å². The zero-order chi connectivity index (χ0) is 23.1. The Balaban J connectivity index is 1.88. The Morgan fingerprint density at radius 3 is 2.44 bits per heavy atom. The Labute approximate surface area is 195 Å². The van der Waals surface area contributed by atoms with Crippen molar-refractivity contribution in [2.24, 2.45) is 11.8 Å². The van der Waals surface area contributed by atoms with E-state index in [0.29, 0.717) is 30.4 Å². The highest BCUT2D eigenvalue weighted by Gasteiger charge is 2.35. The van der Waals surface area contributed by atoms with Gasteiger partial charge in [-0.15, -0.1) is 11.6 Å². The van der Waals surface area contributed by atoms with Crippen molar-refractivity contribution in [2.45, 2.75) is 51.6 Å². The summed E-state index contributed by atoms with van der Waals surface area (Å²) in [5, 5.41) is 3.20. The molecule has 1 aliphatic rings. The van der Waals surface area contributed by atoms with Crippen LogP contribution in [0.3, 0.4) is 0 Å². The number of carbonyl (C=O) groups is 2. The lowest BCUT2D eigenvalue weighted by Gasteiger charge is -2.37. The fourth-order valence-electron chi connectivity index (χ4n) is 4.53. The van der Waals surface area contributed by atoms with Crippen molar-refractivity contribution in [3.05, 3.63) is 71.5 Å². The minimum atomic E-state index is -0.866. The van der Waals surface area contributed by atoms with Gasteiger partial charge in [0.25, 0.3) is 0 Å². The Kier molecular flexibility index (Phi) is 8.68. The van der Waals surface area contributed by atoms with Crippen LogP contribution in [0.5, 0.6) is 0 Å². The molecule has 2 aromatic carbocycles. The van der Waals surface area contributed by atoms with Crippen LogP contribution in [0.2, 0.25) is 0 Å². The monoisotopic (exact) mass is 458 g/mol. The highest BCUT2D eigenvalue weighted by Crippen LogP contribution is 2.31. The molecule has 0 radical (unpaired) electrons. The second-order valence-corrected chi connectivity index (χ2v) is 9.06. The van der Waals surface area contributed by atoms with E-state index in [4.69, 9.17) is 11.6 Å². The zero-order valence-electron chi connectivity index (χ0n) is 18.8. The van der Waals surface area contributed by atoms with Gasteiger partial charge in [-0.2, -0.15) is 0 Å². The number of halogens is 2. The van der Waals surface area contributed by atoms with Gasteiger partial charge in [-0.3, -0.25) is 9.59 Å². The van der Waals surface area contributed by atoms with Gasteiger partial charge in [0.05, 0.1) is 0 Å². The molecular weight excluding hydrogens is 427 g/mol. The van der Waals surface area contributed by atoms with E-state index in [9.17, 15) is 14.0 Å². The first-order chi connectivity index (χ1) is 15.4. The summed E-state index contributed by atoms with van der Waals surface area (Å²) in [6, 6.07) is 14.8. The summed E-state index contributed by atoms with van der Waals surface area (Å²) in [5.41, 5.74) is 1.64. The van der Waals surface area contributed by atoms with Gasteiger partial charge in [-0.1, -0.05) is 69.2 Å². The minimum absolute atomic E-state index is 0.0521. The number of carbonyl (C=O) groups excluding carboxylic acids is 2. The highest BCUT2D eigenvalue weighted by molar-refractivity contribution is 6.27. The van der Waals surface area contributed by atoms with E-state index >= 15 is 0 Å². The van der Waals surface area contributed by atoms with Crippen molar-refractivity contribution >= 4 is 23.4 Å². The zero-order valence-corrected chi connectivity index (χ0v) is 19.5. The quantitative estimate of drug-likeness (QED) is 0.558. The number of amides is 2. The molecule has 4 atom stereocenters. The number of nitrogens with zero attached hydrogens (tertiary/aromatic N) is 1. The van der Waals surface area contributed by atoms with Crippen molar-refractivity contribution in [1.82, 2.24) is 10.2 Å². The molecule has 1 N–H and O–H groups in total. The molecule has 32 heavy (non-hydrogen) atoms. The lowest BCUT2D eigenvalue weighted by Crippen LogP contribution is -2.50. The van der Waals surface area contributed by atoms with Crippen LogP contribution in [0.4, 0.5) is 4.39 Å². The van der Waals surface area contributed by atoms with Gasteiger partial charge < -0.3 is 10.2 Å². The third kappa shape index (κ3) is 6.10. The maximum absolute atomic E-state index is 13.6. The van der Waals surface area contributed by atoms with Crippen LogP contribution in [-0.4, -0.2) is 35.2 Å². The summed E-state index contributed by atoms with van der Waals surface area (Å²) in [4.78, 5) is 28.0. The lowest BCUT2D eigenvalue weighted by molar-refractivity contribution is -0.139. The average Bonchev–Trinajstić information content (AvgIpc) is 2.80. The van der Waals surface area contributed by atoms with E-state index in [1.54, 1.807) is 12.1 Å². The molecule has 0 heterocycles. The molecule has 0 bridgehead atoms. The number of hydrogen-bond acceptors (Lipinski definition) is 2. The van der Waals surface area contributed by atoms with Crippen molar-refractivity contribution in [1.29, 1.82) is 0 Å². The summed E-state index contributed by atoms with van der Waals surface area (Å²) in [6.07, 6.45) is 3.73. The van der Waals surface area contributed by atoms with Gasteiger partial charge in [0.2, 0.25) is 11.8 Å². The van der Waals surface area contributed by atoms with Gasteiger partial charge in [0, 0.05) is 12.6 Å². The van der Waals surface area contributed by atoms with E-state index in [-0.39, 0.29) is 29.6 Å². The van der Waals surface area contributed by atoms with E-state index in [1.807, 2.05) is 30.3 Å². The Morgan fingerprint density at radius 2 is 1.78 bits per heavy atom. The molecule has 0 aliphatic heterocycles. The van der Waals surface area contributed by atoms with E-state index in [0.717, 1.165) is 24.8 Å². The average molecular weight is 459 g/mol. The molecule has 6 heteroatoms. The fraction of sp³-hybridized carbons (Fsp3) is 0.462. The highest BCUT2D eigenvalue weighted by atomic mass is 35.5. The molecule has 0 aromatic heterocycles. The second-order valence-electron chi connectivity index (χ2n) is 8.79. The van der Waals surface area contributed by atoms with Crippen LogP contribution in [0.15, 0.2) is 54.6 Å². The van der Waals surface area contributed by atoms with Crippen LogP contribution in [0, 0.1) is 17.7 Å². The molecule has 1 aliphatic carbocycles. The summed E-state index contributed by atoms with van der Waals surface area (Å²) in [5.74, 6) is -0.301. The normalized spacial score (nSPS) is 21.6. The number of hydrogen-bond donors (Lipinski definition) is 1. The van der Waals surface area contributed by atoms with Crippen molar-refractivity contribution < 1.29 is 14.0 Å². The van der Waals surface area contributed by atoms with Crippen LogP contribution >= 0.6 is 11.6 Å². The number of benzene rings is 2. The SMILES string of the molecule is C[C@@H]1[C@H](C)CCC[C@@H]1NC(=O)[C@@H](c1ccc(F)cc1)N(CCc1ccccc1)C(=O)CCl. The standard InChI is InChI=1S/C26H32ClFN2O2/c1-18-7-6-10-23(19(18)2)29-26(32)25(21-11-13-22(28)14-12-21)30(24(31)17-27)16-15-20-8-4-3-5-9-20/h3-5,8-9,11-14,18-19,23,25H,6-7,10,15-17H2,1-2H3,(H,29,32)/t18-,19-,23+,25-/m1/s1. The Hall–Kier alpha value is -2.40. The summed E-state index contributed by atoms with van der Waals surface area (Å²) >= 11 is 5.94. The summed E-state index contributed by atoms with van der Waals surface area (Å²) in [6.45, 7) is 4.71. The van der Waals surface area contributed by atoms with Crippen molar-refractivity contribution in [2.75, 3.05) is 12.4 Å². The first-order valence-electron chi connectivity index (χ1n) is 11.4. The van der Waals surface area contributed by atoms with Gasteiger partial charge in [-0.25, -0.2) is 4.39 Å². The fourth-order valence-corrected chi connectivity index (χ4v) is 4.69. The van der Waals surface area contributed by atoms with Crippen LogP contribution in [-0.2, 0) is 16.0 Å². The number of nitrogens with one attached hydrogen (secondary N) is 1. The molecule has 2 aromatic rings. The smallest absolute Gasteiger partial charge is 0.247 e. The second kappa shape index (κ2) is 11.5. The number of rotatable bonds is 8. The molecule has 1 saturated carbocycles. The third-order valence-corrected chi connectivity index (χ3v) is 6.93. The lowest BCUT2D eigenvalue weighted by atomic mass is 9.78. The molecule has 0 unspecified atom stereocenters. The molecule has 172 valence electrons. The molecule has 0 saturated heterocycles. The molecule has 3 rings (SSSR count). The van der Waals surface area contributed by atoms with Gasteiger partial charge in [0.15, 0.2) is 0 Å². The predicted octanol–water partition coefficient (Wildman–Crippen LogP) is 5.12. The van der Waals surface area contributed by atoms with Crippen LogP contribution < -0.4 is 5.32 Å². The van der Waals surface area contributed by atoms with Gasteiger partial charge >= 0.3 is 0 Å². The Bertz CT molecular complexity index is 890. The largest absolute Gasteiger partial charge is 0.351 e. The molecule has 2 amide bonds. The number of alkyl halides is 1. The summed E-state index contributed by atoms with van der Waals surface area (Å²) < 4.78 is 13.6. The maximum atomic E-state index is 13.6. The molecule has 1 fully saturated rings. The van der Waals surface area contributed by atoms with E-state index < -0.39 is 6.04 Å². The Morgan fingerprint density at radius 1 is 1.09 bits per heavy atom. The maximum Gasteiger partial charge on any atom is 0.247 e.